The second kappa shape index (κ2) is 6.18. The van der Waals surface area contributed by atoms with Crippen molar-refractivity contribution in [1.82, 2.24) is 0 Å². The maximum atomic E-state index is 11.4. The summed E-state index contributed by atoms with van der Waals surface area (Å²) in [4.78, 5) is 11.4. The van der Waals surface area contributed by atoms with E-state index in [4.69, 9.17) is 16.3 Å². The third kappa shape index (κ3) is 3.59. The lowest BCUT2D eigenvalue weighted by Gasteiger charge is -2.07. The number of hydrogen-bond acceptors (Lipinski definition) is 2. The summed E-state index contributed by atoms with van der Waals surface area (Å²) in [6.45, 7) is 4.24. The molecule has 0 saturated heterocycles. The smallest absolute Gasteiger partial charge is 0.251 e. The Hall–Kier alpha value is -1.48. The summed E-state index contributed by atoms with van der Waals surface area (Å²) >= 11 is 5.93. The van der Waals surface area contributed by atoms with E-state index in [-0.39, 0.29) is 5.91 Å². The molecular weight excluding hydrogens is 226 g/mol. The van der Waals surface area contributed by atoms with Crippen LogP contribution in [0, 0.1) is 6.92 Å². The monoisotopic (exact) mass is 239 g/mol. The van der Waals surface area contributed by atoms with E-state index < -0.39 is 0 Å². The van der Waals surface area contributed by atoms with Crippen molar-refractivity contribution in [3.8, 4) is 0 Å². The van der Waals surface area contributed by atoms with Crippen LogP contribution in [-0.4, -0.2) is 12.5 Å². The Kier molecular flexibility index (Phi) is 4.86. The molecule has 1 amide bonds. The highest BCUT2D eigenvalue weighted by atomic mass is 35.5. The van der Waals surface area contributed by atoms with Crippen molar-refractivity contribution >= 4 is 23.2 Å². The number of amides is 1. The standard InChI is InChI=1S/C12H14ClNO2/c1-3-16-8-7-12(15)14-11-6-4-5-10(13)9(11)2/h4-8H,3H2,1-2H3,(H,14,15)/b8-7+. The van der Waals surface area contributed by atoms with E-state index in [1.807, 2.05) is 13.8 Å². The van der Waals surface area contributed by atoms with Crippen molar-refractivity contribution in [2.24, 2.45) is 0 Å². The Morgan fingerprint density at radius 1 is 1.56 bits per heavy atom. The quantitative estimate of drug-likeness (QED) is 0.648. The number of rotatable bonds is 4. The molecule has 0 aromatic heterocycles. The van der Waals surface area contributed by atoms with E-state index in [1.165, 1.54) is 12.3 Å². The Morgan fingerprint density at radius 3 is 3.00 bits per heavy atom. The third-order valence-electron chi connectivity index (χ3n) is 2.01. The van der Waals surface area contributed by atoms with Gasteiger partial charge in [-0.3, -0.25) is 4.79 Å². The first-order chi connectivity index (χ1) is 7.65. The highest BCUT2D eigenvalue weighted by Crippen LogP contribution is 2.22. The largest absolute Gasteiger partial charge is 0.501 e. The summed E-state index contributed by atoms with van der Waals surface area (Å²) in [6, 6.07) is 5.37. The Morgan fingerprint density at radius 2 is 2.31 bits per heavy atom. The molecule has 1 rings (SSSR count). The lowest BCUT2D eigenvalue weighted by atomic mass is 10.2. The molecule has 0 aliphatic rings. The van der Waals surface area contributed by atoms with Crippen LogP contribution in [0.5, 0.6) is 0 Å². The van der Waals surface area contributed by atoms with Crippen LogP contribution in [0.1, 0.15) is 12.5 Å². The van der Waals surface area contributed by atoms with Gasteiger partial charge in [-0.25, -0.2) is 0 Å². The molecular formula is C12H14ClNO2. The zero-order valence-corrected chi connectivity index (χ0v) is 10.0. The molecule has 0 saturated carbocycles. The Labute approximate surface area is 100 Å². The Balaban J connectivity index is 2.66. The highest BCUT2D eigenvalue weighted by Gasteiger charge is 2.03. The summed E-state index contributed by atoms with van der Waals surface area (Å²) in [7, 11) is 0. The number of halogens is 1. The number of benzene rings is 1. The van der Waals surface area contributed by atoms with E-state index in [1.54, 1.807) is 18.2 Å². The van der Waals surface area contributed by atoms with Crippen LogP contribution < -0.4 is 5.32 Å². The zero-order valence-electron chi connectivity index (χ0n) is 9.29. The molecule has 3 nitrogen and oxygen atoms in total. The van der Waals surface area contributed by atoms with Gasteiger partial charge in [0.2, 0.25) is 0 Å². The molecule has 0 radical (unpaired) electrons. The molecule has 0 aliphatic heterocycles. The zero-order chi connectivity index (χ0) is 12.0. The highest BCUT2D eigenvalue weighted by molar-refractivity contribution is 6.31. The SMILES string of the molecule is CCO/C=C/C(=O)Nc1cccc(Cl)c1C. The fourth-order valence-corrected chi connectivity index (χ4v) is 1.30. The van der Waals surface area contributed by atoms with Crippen molar-refractivity contribution in [2.75, 3.05) is 11.9 Å². The fourth-order valence-electron chi connectivity index (χ4n) is 1.12. The molecule has 0 aliphatic carbocycles. The van der Waals surface area contributed by atoms with Crippen LogP contribution in [0.3, 0.4) is 0 Å². The van der Waals surface area contributed by atoms with Gasteiger partial charge in [-0.15, -0.1) is 0 Å². The fraction of sp³-hybridized carbons (Fsp3) is 0.250. The van der Waals surface area contributed by atoms with Gasteiger partial charge in [-0.2, -0.15) is 0 Å². The van der Waals surface area contributed by atoms with Gasteiger partial charge in [0, 0.05) is 16.8 Å². The summed E-state index contributed by atoms with van der Waals surface area (Å²) in [6.07, 6.45) is 2.71. The molecule has 1 aromatic rings. The normalized spacial score (nSPS) is 10.4. The van der Waals surface area contributed by atoms with E-state index in [0.717, 1.165) is 5.56 Å². The molecule has 0 atom stereocenters. The van der Waals surface area contributed by atoms with Gasteiger partial charge in [-0.05, 0) is 31.5 Å². The van der Waals surface area contributed by atoms with Crippen LogP contribution in [0.25, 0.3) is 0 Å². The minimum absolute atomic E-state index is 0.237. The van der Waals surface area contributed by atoms with Crippen LogP contribution >= 0.6 is 11.6 Å². The minimum atomic E-state index is -0.237. The van der Waals surface area contributed by atoms with E-state index in [0.29, 0.717) is 17.3 Å². The lowest BCUT2D eigenvalue weighted by Crippen LogP contribution is -2.09. The first kappa shape index (κ1) is 12.6. The van der Waals surface area contributed by atoms with Crippen LogP contribution in [0.4, 0.5) is 5.69 Å². The molecule has 1 N–H and O–H groups in total. The van der Waals surface area contributed by atoms with Crippen molar-refractivity contribution in [1.29, 1.82) is 0 Å². The number of nitrogens with one attached hydrogen (secondary N) is 1. The topological polar surface area (TPSA) is 38.3 Å². The van der Waals surface area contributed by atoms with Gasteiger partial charge >= 0.3 is 0 Å². The van der Waals surface area contributed by atoms with Crippen LogP contribution in [-0.2, 0) is 9.53 Å². The van der Waals surface area contributed by atoms with Crippen LogP contribution in [0.15, 0.2) is 30.5 Å². The number of hydrogen-bond donors (Lipinski definition) is 1. The Bertz CT molecular complexity index is 402. The predicted molar refractivity (Wildman–Crippen MR) is 65.6 cm³/mol. The van der Waals surface area contributed by atoms with Gasteiger partial charge in [0.25, 0.3) is 5.91 Å². The predicted octanol–water partition coefficient (Wildman–Crippen LogP) is 3.14. The molecule has 4 heteroatoms. The van der Waals surface area contributed by atoms with Crippen molar-refractivity contribution in [3.63, 3.8) is 0 Å². The average molecular weight is 240 g/mol. The van der Waals surface area contributed by atoms with Gasteiger partial charge in [0.15, 0.2) is 0 Å². The second-order valence-corrected chi connectivity index (χ2v) is 3.57. The van der Waals surface area contributed by atoms with E-state index >= 15 is 0 Å². The van der Waals surface area contributed by atoms with Crippen molar-refractivity contribution in [2.45, 2.75) is 13.8 Å². The molecule has 0 bridgehead atoms. The molecule has 0 fully saturated rings. The van der Waals surface area contributed by atoms with Gasteiger partial charge < -0.3 is 10.1 Å². The molecule has 86 valence electrons. The summed E-state index contributed by atoms with van der Waals surface area (Å²) in [5.74, 6) is -0.237. The summed E-state index contributed by atoms with van der Waals surface area (Å²) < 4.78 is 4.93. The third-order valence-corrected chi connectivity index (χ3v) is 2.42. The van der Waals surface area contributed by atoms with Crippen molar-refractivity contribution in [3.05, 3.63) is 41.1 Å². The van der Waals surface area contributed by atoms with Crippen molar-refractivity contribution < 1.29 is 9.53 Å². The molecule has 1 aromatic carbocycles. The average Bonchev–Trinajstić information content (AvgIpc) is 2.25. The number of anilines is 1. The lowest BCUT2D eigenvalue weighted by molar-refractivity contribution is -0.112. The molecule has 0 spiro atoms. The minimum Gasteiger partial charge on any atom is -0.501 e. The van der Waals surface area contributed by atoms with E-state index in [9.17, 15) is 4.79 Å². The van der Waals surface area contributed by atoms with Crippen LogP contribution in [0.2, 0.25) is 5.02 Å². The number of ether oxygens (including phenoxy) is 1. The van der Waals surface area contributed by atoms with Gasteiger partial charge in [0.1, 0.15) is 0 Å². The second-order valence-electron chi connectivity index (χ2n) is 3.16. The summed E-state index contributed by atoms with van der Waals surface area (Å²) in [5, 5.41) is 3.35. The maximum Gasteiger partial charge on any atom is 0.251 e. The van der Waals surface area contributed by atoms with Gasteiger partial charge in [0.05, 0.1) is 12.9 Å². The van der Waals surface area contributed by atoms with Gasteiger partial charge in [-0.1, -0.05) is 17.7 Å². The number of carbonyl (C=O) groups excluding carboxylic acids is 1. The van der Waals surface area contributed by atoms with E-state index in [2.05, 4.69) is 5.32 Å². The first-order valence-corrected chi connectivity index (χ1v) is 5.37. The molecule has 0 unspecified atom stereocenters. The molecule has 16 heavy (non-hydrogen) atoms. The molecule has 0 heterocycles. The summed E-state index contributed by atoms with van der Waals surface area (Å²) in [5.41, 5.74) is 1.56. The number of carbonyl (C=O) groups is 1. The maximum absolute atomic E-state index is 11.4. The first-order valence-electron chi connectivity index (χ1n) is 4.99.